The Bertz CT molecular complexity index is 1100. The summed E-state index contributed by atoms with van der Waals surface area (Å²) in [4.78, 5) is 13.1. The van der Waals surface area contributed by atoms with Gasteiger partial charge in [-0.05, 0) is 31.2 Å². The van der Waals surface area contributed by atoms with Crippen LogP contribution in [0.3, 0.4) is 0 Å². The predicted octanol–water partition coefficient (Wildman–Crippen LogP) is 3.92. The van der Waals surface area contributed by atoms with Crippen LogP contribution in [0.4, 0.5) is 10.8 Å². The van der Waals surface area contributed by atoms with Crippen molar-refractivity contribution in [3.8, 4) is 11.3 Å². The molecule has 6 nitrogen and oxygen atoms in total. The molecule has 0 spiro atoms. The molecule has 0 amide bonds. The van der Waals surface area contributed by atoms with Crippen molar-refractivity contribution in [2.24, 2.45) is 0 Å². The van der Waals surface area contributed by atoms with Gasteiger partial charge in [0.25, 0.3) is 0 Å². The van der Waals surface area contributed by atoms with Crippen LogP contribution in [0.25, 0.3) is 16.2 Å². The van der Waals surface area contributed by atoms with Crippen molar-refractivity contribution in [3.63, 3.8) is 0 Å². The Kier molecular flexibility index (Phi) is 3.95. The molecule has 0 aliphatic carbocycles. The van der Waals surface area contributed by atoms with E-state index in [2.05, 4.69) is 20.6 Å². The Morgan fingerprint density at radius 2 is 1.76 bits per heavy atom. The van der Waals surface area contributed by atoms with Gasteiger partial charge in [-0.1, -0.05) is 52.8 Å². The highest BCUT2D eigenvalue weighted by Gasteiger charge is 2.13. The lowest BCUT2D eigenvalue weighted by molar-refractivity contribution is 0.862. The molecular weight excluding hydrogens is 358 g/mol. The molecular formula is C17H12ClN5OS. The standard InChI is InChI=1S/C17H12ClN5OS/c1-10-2-8-13(9-3-10)19-16-22-23-15(24)14(20-21-17(23)25-16)11-4-6-12(18)7-5-11/h2-9H,1H3,(H,19,22). The van der Waals surface area contributed by atoms with Gasteiger partial charge in [0, 0.05) is 16.3 Å². The monoisotopic (exact) mass is 369 g/mol. The van der Waals surface area contributed by atoms with Crippen molar-refractivity contribution in [2.75, 3.05) is 5.32 Å². The molecule has 2 aromatic heterocycles. The Balaban J connectivity index is 1.73. The molecule has 0 saturated heterocycles. The zero-order chi connectivity index (χ0) is 17.4. The Hall–Kier alpha value is -2.77. The van der Waals surface area contributed by atoms with E-state index in [0.717, 1.165) is 5.69 Å². The number of nitrogens with one attached hydrogen (secondary N) is 1. The number of hydrogen-bond donors (Lipinski definition) is 1. The number of nitrogens with zero attached hydrogens (tertiary/aromatic N) is 4. The summed E-state index contributed by atoms with van der Waals surface area (Å²) in [7, 11) is 0. The predicted molar refractivity (Wildman–Crippen MR) is 99.8 cm³/mol. The average molecular weight is 370 g/mol. The minimum absolute atomic E-state index is 0.237. The molecule has 1 N–H and O–H groups in total. The highest BCUT2D eigenvalue weighted by Crippen LogP contribution is 2.22. The number of anilines is 2. The van der Waals surface area contributed by atoms with E-state index >= 15 is 0 Å². The smallest absolute Gasteiger partial charge is 0.302 e. The van der Waals surface area contributed by atoms with Crippen molar-refractivity contribution in [1.29, 1.82) is 0 Å². The summed E-state index contributed by atoms with van der Waals surface area (Å²) in [6, 6.07) is 14.8. The zero-order valence-corrected chi connectivity index (χ0v) is 14.7. The fourth-order valence-electron chi connectivity index (χ4n) is 2.31. The van der Waals surface area contributed by atoms with Crippen LogP contribution in [0.5, 0.6) is 0 Å². The summed E-state index contributed by atoms with van der Waals surface area (Å²) < 4.78 is 1.26. The first kappa shape index (κ1) is 15.7. The lowest BCUT2D eigenvalue weighted by Crippen LogP contribution is -2.19. The van der Waals surface area contributed by atoms with Gasteiger partial charge in [-0.3, -0.25) is 4.79 Å². The fraction of sp³-hybridized carbons (Fsp3) is 0.0588. The van der Waals surface area contributed by atoms with Crippen LogP contribution in [0.1, 0.15) is 5.56 Å². The van der Waals surface area contributed by atoms with E-state index in [9.17, 15) is 4.79 Å². The van der Waals surface area contributed by atoms with Crippen LogP contribution in [-0.2, 0) is 0 Å². The summed E-state index contributed by atoms with van der Waals surface area (Å²) in [6.45, 7) is 2.02. The molecule has 0 fully saturated rings. The van der Waals surface area contributed by atoms with Crippen LogP contribution in [0.2, 0.25) is 5.02 Å². The zero-order valence-electron chi connectivity index (χ0n) is 13.1. The van der Waals surface area contributed by atoms with Gasteiger partial charge in [0.2, 0.25) is 10.1 Å². The van der Waals surface area contributed by atoms with E-state index in [1.807, 2.05) is 31.2 Å². The number of aromatic nitrogens is 4. The minimum atomic E-state index is -0.319. The molecule has 124 valence electrons. The van der Waals surface area contributed by atoms with Gasteiger partial charge in [-0.15, -0.1) is 15.3 Å². The van der Waals surface area contributed by atoms with Crippen molar-refractivity contribution >= 4 is 38.7 Å². The van der Waals surface area contributed by atoms with Gasteiger partial charge in [0.05, 0.1) is 0 Å². The highest BCUT2D eigenvalue weighted by molar-refractivity contribution is 7.20. The van der Waals surface area contributed by atoms with Crippen molar-refractivity contribution < 1.29 is 0 Å². The van der Waals surface area contributed by atoms with Gasteiger partial charge in [0.15, 0.2) is 5.69 Å². The van der Waals surface area contributed by atoms with Gasteiger partial charge in [-0.25, -0.2) is 0 Å². The lowest BCUT2D eigenvalue weighted by Gasteiger charge is -2.01. The normalized spacial score (nSPS) is 11.0. The van der Waals surface area contributed by atoms with E-state index in [4.69, 9.17) is 11.6 Å². The number of benzene rings is 2. The molecule has 4 rings (SSSR count). The van der Waals surface area contributed by atoms with Crippen molar-refractivity contribution in [1.82, 2.24) is 19.8 Å². The number of rotatable bonds is 3. The first-order chi connectivity index (χ1) is 12.1. The van der Waals surface area contributed by atoms with E-state index in [1.165, 1.54) is 21.4 Å². The maximum Gasteiger partial charge on any atom is 0.302 e. The summed E-state index contributed by atoms with van der Waals surface area (Å²) in [5, 5.41) is 16.8. The summed E-state index contributed by atoms with van der Waals surface area (Å²) in [6.07, 6.45) is 0. The molecule has 0 atom stereocenters. The molecule has 4 aromatic rings. The van der Waals surface area contributed by atoms with Gasteiger partial charge >= 0.3 is 5.56 Å². The second-order valence-corrected chi connectivity index (χ2v) is 6.85. The third-order valence-corrected chi connectivity index (χ3v) is 4.68. The Labute approximate surface area is 151 Å². The number of hydrogen-bond acceptors (Lipinski definition) is 6. The van der Waals surface area contributed by atoms with Gasteiger partial charge in [0.1, 0.15) is 0 Å². The van der Waals surface area contributed by atoms with Crippen LogP contribution in [0, 0.1) is 6.92 Å². The molecule has 8 heteroatoms. The summed E-state index contributed by atoms with van der Waals surface area (Å²) in [5.41, 5.74) is 2.63. The largest absolute Gasteiger partial charge is 0.330 e. The fourth-order valence-corrected chi connectivity index (χ4v) is 3.20. The highest BCUT2D eigenvalue weighted by atomic mass is 35.5. The van der Waals surface area contributed by atoms with E-state index in [0.29, 0.717) is 20.7 Å². The Morgan fingerprint density at radius 1 is 1.04 bits per heavy atom. The number of halogens is 1. The summed E-state index contributed by atoms with van der Waals surface area (Å²) in [5.74, 6) is 0. The molecule has 0 saturated carbocycles. The molecule has 0 bridgehead atoms. The van der Waals surface area contributed by atoms with Crippen molar-refractivity contribution in [2.45, 2.75) is 6.92 Å². The Morgan fingerprint density at radius 3 is 2.48 bits per heavy atom. The van der Waals surface area contributed by atoms with Gasteiger partial charge in [-0.2, -0.15) is 4.52 Å². The molecule has 2 aromatic carbocycles. The SMILES string of the molecule is Cc1ccc(Nc2nn3c(=O)c(-c4ccc(Cl)cc4)nnc3s2)cc1. The van der Waals surface area contributed by atoms with Gasteiger partial charge < -0.3 is 5.32 Å². The lowest BCUT2D eigenvalue weighted by atomic mass is 10.2. The minimum Gasteiger partial charge on any atom is -0.330 e. The van der Waals surface area contributed by atoms with Crippen LogP contribution in [0.15, 0.2) is 53.3 Å². The van der Waals surface area contributed by atoms with Crippen LogP contribution >= 0.6 is 22.9 Å². The second-order valence-electron chi connectivity index (χ2n) is 5.45. The average Bonchev–Trinajstić information content (AvgIpc) is 3.02. The molecule has 0 radical (unpaired) electrons. The van der Waals surface area contributed by atoms with Crippen molar-refractivity contribution in [3.05, 3.63) is 69.5 Å². The molecule has 0 unspecified atom stereocenters. The maximum absolute atomic E-state index is 12.7. The first-order valence-electron chi connectivity index (χ1n) is 7.46. The van der Waals surface area contributed by atoms with E-state index in [-0.39, 0.29) is 11.3 Å². The quantitative estimate of drug-likeness (QED) is 0.592. The summed E-state index contributed by atoms with van der Waals surface area (Å²) >= 11 is 7.15. The van der Waals surface area contributed by atoms with E-state index < -0.39 is 0 Å². The molecule has 0 aliphatic heterocycles. The number of aryl methyl sites for hydroxylation is 1. The van der Waals surface area contributed by atoms with Crippen LogP contribution < -0.4 is 10.9 Å². The van der Waals surface area contributed by atoms with E-state index in [1.54, 1.807) is 24.3 Å². The molecule has 0 aliphatic rings. The first-order valence-corrected chi connectivity index (χ1v) is 8.66. The van der Waals surface area contributed by atoms with Crippen LogP contribution in [-0.4, -0.2) is 19.8 Å². The topological polar surface area (TPSA) is 72.2 Å². The maximum atomic E-state index is 12.7. The molecule has 25 heavy (non-hydrogen) atoms. The number of fused-ring (bicyclic) bond motifs is 1. The third kappa shape index (κ3) is 3.11. The molecule has 2 heterocycles. The third-order valence-electron chi connectivity index (χ3n) is 3.61. The second kappa shape index (κ2) is 6.27.